The van der Waals surface area contributed by atoms with Crippen molar-refractivity contribution in [1.82, 2.24) is 0 Å². The van der Waals surface area contributed by atoms with E-state index < -0.39 is 0 Å². The van der Waals surface area contributed by atoms with Gasteiger partial charge in [-0.15, -0.1) is 0 Å². The van der Waals surface area contributed by atoms with E-state index in [1.165, 1.54) is 5.56 Å². The van der Waals surface area contributed by atoms with Gasteiger partial charge in [0.25, 0.3) is 0 Å². The third kappa shape index (κ3) is 2.96. The number of rotatable bonds is 5. The second kappa shape index (κ2) is 5.76. The summed E-state index contributed by atoms with van der Waals surface area (Å²) >= 11 is 0. The Bertz CT molecular complexity index is 279. The molecule has 0 aliphatic carbocycles. The van der Waals surface area contributed by atoms with Gasteiger partial charge in [0.05, 0.1) is 13.2 Å². The van der Waals surface area contributed by atoms with Gasteiger partial charge in [0.1, 0.15) is 5.75 Å². The summed E-state index contributed by atoms with van der Waals surface area (Å²) in [4.78, 5) is 0. The molecule has 2 atom stereocenters. The number of benzene rings is 1. The third-order valence-corrected chi connectivity index (χ3v) is 2.87. The average molecular weight is 208 g/mol. The van der Waals surface area contributed by atoms with E-state index in [-0.39, 0.29) is 12.0 Å². The van der Waals surface area contributed by atoms with Gasteiger partial charge >= 0.3 is 0 Å². The maximum absolute atomic E-state index is 9.87. The van der Waals surface area contributed by atoms with Gasteiger partial charge in [-0.25, -0.2) is 0 Å². The number of hydrogen-bond donors (Lipinski definition) is 1. The average Bonchev–Trinajstić information content (AvgIpc) is 2.30. The second-order valence-electron chi connectivity index (χ2n) is 3.76. The Morgan fingerprint density at radius 2 is 1.73 bits per heavy atom. The molecule has 2 nitrogen and oxygen atoms in total. The monoisotopic (exact) mass is 208 g/mol. The van der Waals surface area contributed by atoms with E-state index in [2.05, 4.69) is 6.92 Å². The maximum Gasteiger partial charge on any atom is 0.118 e. The van der Waals surface area contributed by atoms with Crippen LogP contribution in [0.3, 0.4) is 0 Å². The van der Waals surface area contributed by atoms with Crippen molar-refractivity contribution in [3.8, 4) is 5.75 Å². The lowest BCUT2D eigenvalue weighted by atomic mass is 9.90. The first-order chi connectivity index (χ1) is 7.22. The lowest BCUT2D eigenvalue weighted by Gasteiger charge is -2.20. The van der Waals surface area contributed by atoms with E-state index in [0.29, 0.717) is 0 Å². The molecule has 2 unspecified atom stereocenters. The molecule has 2 heteroatoms. The molecule has 1 aromatic rings. The highest BCUT2D eigenvalue weighted by molar-refractivity contribution is 5.29. The van der Waals surface area contributed by atoms with Crippen molar-refractivity contribution < 1.29 is 9.84 Å². The van der Waals surface area contributed by atoms with Crippen molar-refractivity contribution in [2.75, 3.05) is 7.11 Å². The molecule has 0 saturated heterocycles. The number of methoxy groups -OCH3 is 1. The molecule has 0 saturated carbocycles. The minimum atomic E-state index is -0.247. The largest absolute Gasteiger partial charge is 0.497 e. The van der Waals surface area contributed by atoms with E-state index in [1.54, 1.807) is 7.11 Å². The summed E-state index contributed by atoms with van der Waals surface area (Å²) in [6, 6.07) is 7.96. The molecule has 84 valence electrons. The van der Waals surface area contributed by atoms with Crippen LogP contribution in [0, 0.1) is 0 Å². The van der Waals surface area contributed by atoms with Crippen LogP contribution in [-0.4, -0.2) is 18.3 Å². The predicted octanol–water partition coefficient (Wildman–Crippen LogP) is 2.96. The molecule has 0 spiro atoms. The van der Waals surface area contributed by atoms with Crippen molar-refractivity contribution in [1.29, 1.82) is 0 Å². The van der Waals surface area contributed by atoms with Crippen LogP contribution in [0.4, 0.5) is 0 Å². The van der Waals surface area contributed by atoms with E-state index in [0.717, 1.165) is 18.6 Å². The van der Waals surface area contributed by atoms with Crippen molar-refractivity contribution >= 4 is 0 Å². The van der Waals surface area contributed by atoms with Crippen molar-refractivity contribution in [2.45, 2.75) is 38.7 Å². The first-order valence-corrected chi connectivity index (χ1v) is 5.54. The van der Waals surface area contributed by atoms with Crippen molar-refractivity contribution in [2.24, 2.45) is 0 Å². The zero-order valence-electron chi connectivity index (χ0n) is 9.73. The van der Waals surface area contributed by atoms with Crippen LogP contribution in [0.15, 0.2) is 24.3 Å². The van der Waals surface area contributed by atoms with Gasteiger partial charge in [0.2, 0.25) is 0 Å². The molecule has 0 aliphatic rings. The summed E-state index contributed by atoms with van der Waals surface area (Å²) in [5, 5.41) is 9.87. The first kappa shape index (κ1) is 12.1. The molecule has 0 bridgehead atoms. The summed E-state index contributed by atoms with van der Waals surface area (Å²) < 4.78 is 5.11. The maximum atomic E-state index is 9.87. The fraction of sp³-hybridized carbons (Fsp3) is 0.538. The van der Waals surface area contributed by atoms with Gasteiger partial charge < -0.3 is 9.84 Å². The molecule has 1 rings (SSSR count). The van der Waals surface area contributed by atoms with Crippen LogP contribution in [-0.2, 0) is 0 Å². The minimum Gasteiger partial charge on any atom is -0.497 e. The molecule has 15 heavy (non-hydrogen) atoms. The zero-order chi connectivity index (χ0) is 11.3. The Kier molecular flexibility index (Phi) is 4.63. The lowest BCUT2D eigenvalue weighted by Crippen LogP contribution is -2.16. The molecule has 0 fully saturated rings. The van der Waals surface area contributed by atoms with E-state index >= 15 is 0 Å². The van der Waals surface area contributed by atoms with Crippen LogP contribution in [0.2, 0.25) is 0 Å². The summed E-state index contributed by atoms with van der Waals surface area (Å²) in [6.45, 7) is 4.12. The van der Waals surface area contributed by atoms with Gasteiger partial charge in [-0.05, 0) is 30.5 Å². The highest BCUT2D eigenvalue weighted by atomic mass is 16.5. The predicted molar refractivity (Wildman–Crippen MR) is 62.3 cm³/mol. The van der Waals surface area contributed by atoms with Crippen molar-refractivity contribution in [3.05, 3.63) is 29.8 Å². The summed E-state index contributed by atoms with van der Waals surface area (Å²) in [5.74, 6) is 1.10. The molecule has 0 heterocycles. The first-order valence-electron chi connectivity index (χ1n) is 5.54. The Morgan fingerprint density at radius 1 is 1.13 bits per heavy atom. The number of ether oxygens (including phenoxy) is 1. The van der Waals surface area contributed by atoms with E-state index in [4.69, 9.17) is 4.74 Å². The number of hydrogen-bond acceptors (Lipinski definition) is 2. The molecule has 0 radical (unpaired) electrons. The molecule has 1 N–H and O–H groups in total. The van der Waals surface area contributed by atoms with Crippen LogP contribution < -0.4 is 4.74 Å². The van der Waals surface area contributed by atoms with Gasteiger partial charge in [-0.1, -0.05) is 26.0 Å². The smallest absolute Gasteiger partial charge is 0.118 e. The minimum absolute atomic E-state index is 0.237. The second-order valence-corrected chi connectivity index (χ2v) is 3.76. The summed E-state index contributed by atoms with van der Waals surface area (Å²) in [5.41, 5.74) is 1.19. The number of aliphatic hydroxyl groups is 1. The van der Waals surface area contributed by atoms with Crippen LogP contribution >= 0.6 is 0 Å². The third-order valence-electron chi connectivity index (χ3n) is 2.87. The van der Waals surface area contributed by atoms with Crippen LogP contribution in [0.5, 0.6) is 5.75 Å². The molecule has 0 amide bonds. The Balaban J connectivity index is 2.83. The highest BCUT2D eigenvalue weighted by Gasteiger charge is 2.17. The Labute approximate surface area is 91.9 Å². The molecule has 0 aromatic heterocycles. The topological polar surface area (TPSA) is 29.5 Å². The molecule has 1 aromatic carbocycles. The van der Waals surface area contributed by atoms with Crippen LogP contribution in [0.1, 0.15) is 38.2 Å². The van der Waals surface area contributed by atoms with E-state index in [1.807, 2.05) is 31.2 Å². The number of aliphatic hydroxyl groups excluding tert-OH is 1. The summed E-state index contributed by atoms with van der Waals surface area (Å²) in [7, 11) is 1.66. The standard InChI is InChI=1S/C13H20O2/c1-4-12(13(14)5-2)10-6-8-11(15-3)9-7-10/h6-9,12-14H,4-5H2,1-3H3. The Hall–Kier alpha value is -1.02. The van der Waals surface area contributed by atoms with E-state index in [9.17, 15) is 5.11 Å². The van der Waals surface area contributed by atoms with Crippen LogP contribution in [0.25, 0.3) is 0 Å². The lowest BCUT2D eigenvalue weighted by molar-refractivity contribution is 0.136. The zero-order valence-corrected chi connectivity index (χ0v) is 9.73. The van der Waals surface area contributed by atoms with Gasteiger partial charge in [-0.3, -0.25) is 0 Å². The fourth-order valence-electron chi connectivity index (χ4n) is 1.87. The van der Waals surface area contributed by atoms with Gasteiger partial charge in [0.15, 0.2) is 0 Å². The SMILES string of the molecule is CCC(O)C(CC)c1ccc(OC)cc1. The normalized spacial score (nSPS) is 14.7. The van der Waals surface area contributed by atoms with Gasteiger partial charge in [0, 0.05) is 5.92 Å². The molecular formula is C13H20O2. The molecular weight excluding hydrogens is 188 g/mol. The van der Waals surface area contributed by atoms with Crippen molar-refractivity contribution in [3.63, 3.8) is 0 Å². The molecule has 0 aliphatic heterocycles. The van der Waals surface area contributed by atoms with Gasteiger partial charge in [-0.2, -0.15) is 0 Å². The highest BCUT2D eigenvalue weighted by Crippen LogP contribution is 2.26. The summed E-state index contributed by atoms with van der Waals surface area (Å²) in [6.07, 6.45) is 1.51. The Morgan fingerprint density at radius 3 is 2.13 bits per heavy atom. The quantitative estimate of drug-likeness (QED) is 0.806. The fourth-order valence-corrected chi connectivity index (χ4v) is 1.87.